The third-order valence-electron chi connectivity index (χ3n) is 2.88. The molecular formula is C12H23NO2. The van der Waals surface area contributed by atoms with Crippen molar-refractivity contribution in [1.82, 2.24) is 4.90 Å². The monoisotopic (exact) mass is 213 g/mol. The zero-order valence-corrected chi connectivity index (χ0v) is 10.2. The van der Waals surface area contributed by atoms with Crippen molar-refractivity contribution >= 4 is 5.97 Å². The maximum atomic E-state index is 11.4. The van der Waals surface area contributed by atoms with Crippen LogP contribution < -0.4 is 0 Å². The third kappa shape index (κ3) is 4.65. The Balaban J connectivity index is 2.25. The molecule has 1 fully saturated rings. The summed E-state index contributed by atoms with van der Waals surface area (Å²) in [6.07, 6.45) is 2.73. The van der Waals surface area contributed by atoms with Gasteiger partial charge < -0.3 is 9.64 Å². The van der Waals surface area contributed by atoms with Crippen molar-refractivity contribution < 1.29 is 9.53 Å². The predicted molar refractivity (Wildman–Crippen MR) is 60.6 cm³/mol. The van der Waals surface area contributed by atoms with Crippen molar-refractivity contribution in [2.45, 2.75) is 33.6 Å². The Bertz CT molecular complexity index is 202. The van der Waals surface area contributed by atoms with E-state index in [-0.39, 0.29) is 11.9 Å². The van der Waals surface area contributed by atoms with Gasteiger partial charge in [-0.2, -0.15) is 0 Å². The van der Waals surface area contributed by atoms with E-state index >= 15 is 0 Å². The van der Waals surface area contributed by atoms with E-state index in [1.807, 2.05) is 13.8 Å². The number of hydrogen-bond donors (Lipinski definition) is 0. The lowest BCUT2D eigenvalue weighted by atomic mass is 10.1. The van der Waals surface area contributed by atoms with Crippen LogP contribution in [0.5, 0.6) is 0 Å². The highest BCUT2D eigenvalue weighted by atomic mass is 16.5. The summed E-state index contributed by atoms with van der Waals surface area (Å²) in [5.41, 5.74) is 0. The molecule has 1 saturated carbocycles. The van der Waals surface area contributed by atoms with E-state index in [0.717, 1.165) is 25.6 Å². The topological polar surface area (TPSA) is 29.5 Å². The van der Waals surface area contributed by atoms with E-state index in [1.54, 1.807) is 0 Å². The van der Waals surface area contributed by atoms with Gasteiger partial charge in [-0.25, -0.2) is 0 Å². The molecule has 1 rings (SSSR count). The standard InChI is InChI=1S/C12H23NO2/c1-4-13(9-11-6-7-11)8-10(3)12(14)15-5-2/h10-11H,4-9H2,1-3H3. The molecule has 0 bridgehead atoms. The Hall–Kier alpha value is -0.570. The second kappa shape index (κ2) is 6.11. The normalized spacial score (nSPS) is 17.9. The van der Waals surface area contributed by atoms with Crippen molar-refractivity contribution in [2.75, 3.05) is 26.2 Å². The van der Waals surface area contributed by atoms with E-state index in [2.05, 4.69) is 11.8 Å². The van der Waals surface area contributed by atoms with Gasteiger partial charge in [0.1, 0.15) is 0 Å². The molecule has 3 heteroatoms. The number of esters is 1. The lowest BCUT2D eigenvalue weighted by Crippen LogP contribution is -2.34. The average molecular weight is 213 g/mol. The van der Waals surface area contributed by atoms with Crippen LogP contribution in [0, 0.1) is 11.8 Å². The molecule has 1 unspecified atom stereocenters. The fourth-order valence-electron chi connectivity index (χ4n) is 1.74. The molecule has 15 heavy (non-hydrogen) atoms. The molecule has 1 aliphatic carbocycles. The molecule has 0 aliphatic heterocycles. The van der Waals surface area contributed by atoms with Gasteiger partial charge in [0, 0.05) is 13.1 Å². The van der Waals surface area contributed by atoms with Crippen molar-refractivity contribution in [2.24, 2.45) is 11.8 Å². The van der Waals surface area contributed by atoms with Crippen molar-refractivity contribution in [3.63, 3.8) is 0 Å². The lowest BCUT2D eigenvalue weighted by molar-refractivity contribution is -0.148. The van der Waals surface area contributed by atoms with E-state index in [0.29, 0.717) is 6.61 Å². The molecule has 0 radical (unpaired) electrons. The van der Waals surface area contributed by atoms with E-state index in [4.69, 9.17) is 4.74 Å². The second-order valence-electron chi connectivity index (χ2n) is 4.45. The Labute approximate surface area is 92.8 Å². The van der Waals surface area contributed by atoms with Crippen molar-refractivity contribution in [3.05, 3.63) is 0 Å². The largest absolute Gasteiger partial charge is 0.466 e. The van der Waals surface area contributed by atoms with E-state index in [9.17, 15) is 4.79 Å². The van der Waals surface area contributed by atoms with E-state index < -0.39 is 0 Å². The highest BCUT2D eigenvalue weighted by Crippen LogP contribution is 2.29. The SMILES string of the molecule is CCOC(=O)C(C)CN(CC)CC1CC1. The molecule has 3 nitrogen and oxygen atoms in total. The highest BCUT2D eigenvalue weighted by molar-refractivity contribution is 5.72. The first-order valence-electron chi connectivity index (χ1n) is 6.06. The number of ether oxygens (including phenoxy) is 1. The van der Waals surface area contributed by atoms with Gasteiger partial charge in [0.25, 0.3) is 0 Å². The molecule has 0 N–H and O–H groups in total. The zero-order valence-electron chi connectivity index (χ0n) is 10.2. The second-order valence-corrected chi connectivity index (χ2v) is 4.45. The summed E-state index contributed by atoms with van der Waals surface area (Å²) >= 11 is 0. The third-order valence-corrected chi connectivity index (χ3v) is 2.88. The fraction of sp³-hybridized carbons (Fsp3) is 0.917. The fourth-order valence-corrected chi connectivity index (χ4v) is 1.74. The van der Waals surface area contributed by atoms with Gasteiger partial charge in [0.15, 0.2) is 0 Å². The van der Waals surface area contributed by atoms with Gasteiger partial charge in [0.05, 0.1) is 12.5 Å². The molecule has 0 aromatic heterocycles. The smallest absolute Gasteiger partial charge is 0.309 e. The van der Waals surface area contributed by atoms with Gasteiger partial charge in [-0.1, -0.05) is 13.8 Å². The van der Waals surface area contributed by atoms with Gasteiger partial charge in [0.2, 0.25) is 0 Å². The molecule has 0 saturated heterocycles. The molecule has 0 spiro atoms. The van der Waals surface area contributed by atoms with Crippen LogP contribution in [0.4, 0.5) is 0 Å². The number of nitrogens with zero attached hydrogens (tertiary/aromatic N) is 1. The summed E-state index contributed by atoms with van der Waals surface area (Å²) in [4.78, 5) is 13.8. The van der Waals surface area contributed by atoms with Crippen LogP contribution >= 0.6 is 0 Å². The molecule has 1 atom stereocenters. The first kappa shape index (κ1) is 12.5. The average Bonchev–Trinajstić information content (AvgIpc) is 3.00. The Morgan fingerprint density at radius 2 is 2.13 bits per heavy atom. The van der Waals surface area contributed by atoms with E-state index in [1.165, 1.54) is 12.8 Å². The Morgan fingerprint density at radius 1 is 1.47 bits per heavy atom. The number of carbonyl (C=O) groups excluding carboxylic acids is 1. The van der Waals surface area contributed by atoms with Crippen LogP contribution in [-0.4, -0.2) is 37.1 Å². The van der Waals surface area contributed by atoms with Crippen molar-refractivity contribution in [1.29, 1.82) is 0 Å². The summed E-state index contributed by atoms with van der Waals surface area (Å²) in [5, 5.41) is 0. The highest BCUT2D eigenvalue weighted by Gasteiger charge is 2.25. The van der Waals surface area contributed by atoms with Crippen molar-refractivity contribution in [3.8, 4) is 0 Å². The predicted octanol–water partition coefficient (Wildman–Crippen LogP) is 1.92. The summed E-state index contributed by atoms with van der Waals surface area (Å²) < 4.78 is 5.00. The quantitative estimate of drug-likeness (QED) is 0.605. The summed E-state index contributed by atoms with van der Waals surface area (Å²) in [5.74, 6) is 0.828. The van der Waals surface area contributed by atoms with Crippen LogP contribution in [0.15, 0.2) is 0 Å². The molecule has 88 valence electrons. The number of rotatable bonds is 7. The maximum absolute atomic E-state index is 11.4. The molecule has 0 aromatic carbocycles. The molecule has 0 aromatic rings. The van der Waals surface area contributed by atoms with Gasteiger partial charge in [-0.15, -0.1) is 0 Å². The summed E-state index contributed by atoms with van der Waals surface area (Å²) in [6, 6.07) is 0. The van der Waals surface area contributed by atoms with Crippen LogP contribution in [0.3, 0.4) is 0 Å². The number of hydrogen-bond acceptors (Lipinski definition) is 3. The van der Waals surface area contributed by atoms with Crippen LogP contribution in [0.25, 0.3) is 0 Å². The van der Waals surface area contributed by atoms with Gasteiger partial charge in [-0.3, -0.25) is 4.79 Å². The minimum absolute atomic E-state index is 0.00338. The summed E-state index contributed by atoms with van der Waals surface area (Å²) in [6.45, 7) is 9.46. The zero-order chi connectivity index (χ0) is 11.3. The Morgan fingerprint density at radius 3 is 2.60 bits per heavy atom. The van der Waals surface area contributed by atoms with Crippen LogP contribution in [0.2, 0.25) is 0 Å². The van der Waals surface area contributed by atoms with Gasteiger partial charge in [-0.05, 0) is 32.2 Å². The number of carbonyl (C=O) groups is 1. The first-order valence-corrected chi connectivity index (χ1v) is 6.06. The first-order chi connectivity index (χ1) is 7.17. The molecular weight excluding hydrogens is 190 g/mol. The van der Waals surface area contributed by atoms with Crippen LogP contribution in [-0.2, 0) is 9.53 Å². The summed E-state index contributed by atoms with van der Waals surface area (Å²) in [7, 11) is 0. The Kier molecular flexibility index (Phi) is 5.09. The van der Waals surface area contributed by atoms with Gasteiger partial charge >= 0.3 is 5.97 Å². The molecule has 0 amide bonds. The minimum Gasteiger partial charge on any atom is -0.466 e. The molecule has 1 aliphatic rings. The maximum Gasteiger partial charge on any atom is 0.309 e. The molecule has 0 heterocycles. The minimum atomic E-state index is -0.0632. The van der Waals surface area contributed by atoms with Crippen LogP contribution in [0.1, 0.15) is 33.6 Å². The lowest BCUT2D eigenvalue weighted by Gasteiger charge is -2.23.